The summed E-state index contributed by atoms with van der Waals surface area (Å²) in [6, 6.07) is 14.1. The predicted molar refractivity (Wildman–Crippen MR) is 102 cm³/mol. The van der Waals surface area contributed by atoms with E-state index in [1.807, 2.05) is 12.1 Å². The Balaban J connectivity index is 1.88. The van der Waals surface area contributed by atoms with E-state index >= 15 is 0 Å². The number of rotatable bonds is 5. The van der Waals surface area contributed by atoms with Crippen molar-refractivity contribution in [3.8, 4) is 23.6 Å². The van der Waals surface area contributed by atoms with Crippen LogP contribution in [0.5, 0.6) is 11.5 Å². The lowest BCUT2D eigenvalue weighted by molar-refractivity contribution is 0.480. The first kappa shape index (κ1) is 20.1. The van der Waals surface area contributed by atoms with Gasteiger partial charge in [-0.3, -0.25) is 4.72 Å². The summed E-state index contributed by atoms with van der Waals surface area (Å²) in [5, 5.41) is 18.5. The Morgan fingerprint density at radius 3 is 2.41 bits per heavy atom. The number of nitriles is 2. The number of pyridine rings is 1. The second-order valence-corrected chi connectivity index (χ2v) is 7.68. The smallest absolute Gasteiger partial charge is 0.263 e. The molecule has 3 aromatic rings. The number of aromatic nitrogens is 1. The molecule has 0 aliphatic rings. The second-order valence-electron chi connectivity index (χ2n) is 5.59. The minimum atomic E-state index is -4.06. The quantitative estimate of drug-likeness (QED) is 0.650. The van der Waals surface area contributed by atoms with Crippen molar-refractivity contribution in [3.63, 3.8) is 0 Å². The third-order valence-electron chi connectivity index (χ3n) is 3.64. The fourth-order valence-electron chi connectivity index (χ4n) is 2.26. The van der Waals surface area contributed by atoms with Gasteiger partial charge in [0, 0.05) is 6.07 Å². The molecule has 0 aliphatic carbocycles. The van der Waals surface area contributed by atoms with E-state index < -0.39 is 15.8 Å². The highest BCUT2D eigenvalue weighted by atomic mass is 35.5. The van der Waals surface area contributed by atoms with Crippen LogP contribution >= 0.6 is 11.6 Å². The highest BCUT2D eigenvalue weighted by Gasteiger charge is 2.18. The van der Waals surface area contributed by atoms with E-state index in [9.17, 15) is 18.1 Å². The number of hydrogen-bond acceptors (Lipinski definition) is 6. The largest absolute Gasteiger partial charge is 0.456 e. The highest BCUT2D eigenvalue weighted by molar-refractivity contribution is 7.92. The number of sulfonamides is 1. The van der Waals surface area contributed by atoms with E-state index in [1.165, 1.54) is 36.4 Å². The van der Waals surface area contributed by atoms with Crippen molar-refractivity contribution >= 4 is 27.4 Å². The molecule has 10 heteroatoms. The van der Waals surface area contributed by atoms with Crippen LogP contribution in [0.3, 0.4) is 0 Å². The maximum atomic E-state index is 12.9. The molecule has 29 heavy (non-hydrogen) atoms. The first-order chi connectivity index (χ1) is 13.8. The maximum absolute atomic E-state index is 12.9. The average Bonchev–Trinajstić information content (AvgIpc) is 2.70. The molecule has 0 aliphatic heterocycles. The van der Waals surface area contributed by atoms with Crippen molar-refractivity contribution in [1.29, 1.82) is 10.5 Å². The lowest BCUT2D eigenvalue weighted by Gasteiger charge is -2.11. The Hall–Kier alpha value is -3.66. The normalized spacial score (nSPS) is 10.6. The highest BCUT2D eigenvalue weighted by Crippen LogP contribution is 2.30. The zero-order valence-corrected chi connectivity index (χ0v) is 16.0. The Labute approximate surface area is 170 Å². The summed E-state index contributed by atoms with van der Waals surface area (Å²) in [5.41, 5.74) is 0.224. The Morgan fingerprint density at radius 2 is 1.79 bits per heavy atom. The number of benzene rings is 2. The molecule has 0 fully saturated rings. The zero-order valence-electron chi connectivity index (χ0n) is 14.4. The van der Waals surface area contributed by atoms with E-state index in [0.29, 0.717) is 0 Å². The molecule has 1 heterocycles. The van der Waals surface area contributed by atoms with Gasteiger partial charge in [0.15, 0.2) is 0 Å². The molecule has 0 saturated heterocycles. The van der Waals surface area contributed by atoms with Crippen molar-refractivity contribution < 1.29 is 17.5 Å². The molecule has 0 atom stereocenters. The summed E-state index contributed by atoms with van der Waals surface area (Å²) >= 11 is 5.96. The van der Waals surface area contributed by atoms with Crippen molar-refractivity contribution in [2.75, 3.05) is 4.72 Å². The molecule has 144 valence electrons. The van der Waals surface area contributed by atoms with Gasteiger partial charge in [0.2, 0.25) is 0 Å². The summed E-state index contributed by atoms with van der Waals surface area (Å²) < 4.78 is 45.7. The molecule has 0 bridgehead atoms. The van der Waals surface area contributed by atoms with Crippen LogP contribution in [-0.2, 0) is 10.0 Å². The standard InChI is InChI=1S/C19H10ClFN4O3S/c20-17-8-15(3-1-12(17)9-22)28-18-5-4-16(7-13(18)10-23)29(26,27)25-19-6-2-14(21)11-24-19/h1-8,11H,(H,24,25). The molecule has 3 rings (SSSR count). The van der Waals surface area contributed by atoms with Crippen LogP contribution in [0.25, 0.3) is 0 Å². The molecular weight excluding hydrogens is 419 g/mol. The van der Waals surface area contributed by atoms with E-state index in [1.54, 1.807) is 0 Å². The minimum absolute atomic E-state index is 0.0413. The summed E-state index contributed by atoms with van der Waals surface area (Å²) in [5.74, 6) is -0.302. The number of ether oxygens (including phenoxy) is 1. The van der Waals surface area contributed by atoms with Crippen LogP contribution in [0, 0.1) is 28.5 Å². The summed E-state index contributed by atoms with van der Waals surface area (Å²) in [4.78, 5) is 3.43. The van der Waals surface area contributed by atoms with Crippen molar-refractivity contribution in [3.05, 3.63) is 76.7 Å². The number of anilines is 1. The van der Waals surface area contributed by atoms with Crippen molar-refractivity contribution in [2.24, 2.45) is 0 Å². The van der Waals surface area contributed by atoms with Crippen LogP contribution in [0.15, 0.2) is 59.6 Å². The molecule has 0 spiro atoms. The third kappa shape index (κ3) is 4.61. The molecular formula is C19H10ClFN4O3S. The lowest BCUT2D eigenvalue weighted by atomic mass is 10.2. The van der Waals surface area contributed by atoms with Gasteiger partial charge in [-0.2, -0.15) is 10.5 Å². The summed E-state index contributed by atoms with van der Waals surface area (Å²) in [6.07, 6.45) is 0.873. The van der Waals surface area contributed by atoms with Gasteiger partial charge in [-0.15, -0.1) is 0 Å². The van der Waals surface area contributed by atoms with Crippen LogP contribution in [-0.4, -0.2) is 13.4 Å². The second kappa shape index (κ2) is 8.15. The van der Waals surface area contributed by atoms with Gasteiger partial charge < -0.3 is 4.74 Å². The number of nitrogens with zero attached hydrogens (tertiary/aromatic N) is 3. The summed E-state index contributed by atoms with van der Waals surface area (Å²) in [6.45, 7) is 0. The van der Waals surface area contributed by atoms with Crippen LogP contribution in [0.2, 0.25) is 5.02 Å². The van der Waals surface area contributed by atoms with E-state index in [0.717, 1.165) is 18.3 Å². The van der Waals surface area contributed by atoms with Crippen LogP contribution < -0.4 is 9.46 Å². The molecule has 7 nitrogen and oxygen atoms in total. The third-order valence-corrected chi connectivity index (χ3v) is 5.30. The Morgan fingerprint density at radius 1 is 1.03 bits per heavy atom. The van der Waals surface area contributed by atoms with Gasteiger partial charge in [0.25, 0.3) is 10.0 Å². The molecule has 0 amide bonds. The predicted octanol–water partition coefficient (Wildman–Crippen LogP) is 4.21. The Bertz CT molecular complexity index is 1270. The topological polar surface area (TPSA) is 116 Å². The fourth-order valence-corrected chi connectivity index (χ4v) is 3.51. The molecule has 0 radical (unpaired) electrons. The zero-order chi connectivity index (χ0) is 21.0. The van der Waals surface area contributed by atoms with Gasteiger partial charge in [-0.1, -0.05) is 11.6 Å². The number of halogens is 2. The minimum Gasteiger partial charge on any atom is -0.456 e. The molecule has 0 unspecified atom stereocenters. The van der Waals surface area contributed by atoms with Crippen LogP contribution in [0.4, 0.5) is 10.2 Å². The Kier molecular flexibility index (Phi) is 5.64. The lowest BCUT2D eigenvalue weighted by Crippen LogP contribution is -2.14. The summed E-state index contributed by atoms with van der Waals surface area (Å²) in [7, 11) is -4.06. The average molecular weight is 429 g/mol. The van der Waals surface area contributed by atoms with Gasteiger partial charge in [0.05, 0.1) is 27.2 Å². The van der Waals surface area contributed by atoms with E-state index in [2.05, 4.69) is 9.71 Å². The number of nitrogens with one attached hydrogen (secondary N) is 1. The monoisotopic (exact) mass is 428 g/mol. The SMILES string of the molecule is N#Cc1ccc(Oc2ccc(S(=O)(=O)Nc3ccc(F)cn3)cc2C#N)cc1Cl. The molecule has 1 aromatic heterocycles. The van der Waals surface area contributed by atoms with Crippen molar-refractivity contribution in [1.82, 2.24) is 4.98 Å². The van der Waals surface area contributed by atoms with Crippen molar-refractivity contribution in [2.45, 2.75) is 4.90 Å². The first-order valence-electron chi connectivity index (χ1n) is 7.88. The van der Waals surface area contributed by atoms with Gasteiger partial charge in [-0.25, -0.2) is 17.8 Å². The molecule has 0 saturated carbocycles. The fraction of sp³-hybridized carbons (Fsp3) is 0. The van der Waals surface area contributed by atoms with Gasteiger partial charge >= 0.3 is 0 Å². The van der Waals surface area contributed by atoms with Gasteiger partial charge in [-0.05, 0) is 42.5 Å². The molecule has 2 aromatic carbocycles. The molecule has 1 N–H and O–H groups in total. The van der Waals surface area contributed by atoms with Crippen LogP contribution in [0.1, 0.15) is 11.1 Å². The first-order valence-corrected chi connectivity index (χ1v) is 9.74. The number of hydrogen-bond donors (Lipinski definition) is 1. The van der Waals surface area contributed by atoms with E-state index in [-0.39, 0.29) is 38.4 Å². The van der Waals surface area contributed by atoms with Gasteiger partial charge in [0.1, 0.15) is 35.3 Å². The van der Waals surface area contributed by atoms with E-state index in [4.69, 9.17) is 21.6 Å². The maximum Gasteiger partial charge on any atom is 0.263 e.